The van der Waals surface area contributed by atoms with E-state index >= 15 is 0 Å². The molecule has 5 heteroatoms. The van der Waals surface area contributed by atoms with E-state index in [4.69, 9.17) is 10.5 Å². The number of nitrogen functional groups attached to an aromatic ring is 1. The largest absolute Gasteiger partial charge is 0.465 e. The smallest absolute Gasteiger partial charge is 0.319 e. The topological polar surface area (TPSA) is 64.3 Å². The highest BCUT2D eigenvalue weighted by Gasteiger charge is 2.18. The van der Waals surface area contributed by atoms with Crippen LogP contribution in [0.25, 0.3) is 0 Å². The number of benzene rings is 2. The lowest BCUT2D eigenvalue weighted by Gasteiger charge is -2.21. The number of nitrogens with one attached hydrogen (secondary N) is 1. The highest BCUT2D eigenvalue weighted by molar-refractivity contribution is 9.10. The van der Waals surface area contributed by atoms with Gasteiger partial charge < -0.3 is 10.5 Å². The second-order valence-electron chi connectivity index (χ2n) is 4.80. The van der Waals surface area contributed by atoms with Crippen molar-refractivity contribution in [3.05, 3.63) is 64.1 Å². The molecule has 2 aromatic carbocycles. The van der Waals surface area contributed by atoms with Crippen molar-refractivity contribution in [2.75, 3.05) is 18.9 Å². The molecule has 1 atom stereocenters. The summed E-state index contributed by atoms with van der Waals surface area (Å²) < 4.78 is 5.92. The normalized spacial score (nSPS) is 11.9. The van der Waals surface area contributed by atoms with Crippen LogP contribution in [-0.4, -0.2) is 19.1 Å². The second-order valence-corrected chi connectivity index (χ2v) is 5.72. The van der Waals surface area contributed by atoms with Crippen molar-refractivity contribution < 1.29 is 9.53 Å². The molecule has 2 aromatic rings. The molecule has 0 bridgehead atoms. The van der Waals surface area contributed by atoms with Crippen LogP contribution < -0.4 is 11.1 Å². The molecule has 0 fully saturated rings. The molecule has 0 spiro atoms. The Morgan fingerprint density at radius 3 is 2.68 bits per heavy atom. The van der Waals surface area contributed by atoms with Crippen LogP contribution in [0, 0.1) is 0 Å². The SMILES string of the molecule is CCOC(=O)CN[C@@H](c1ccccc1)c1cc(Br)ccc1N. The minimum Gasteiger partial charge on any atom is -0.465 e. The lowest BCUT2D eigenvalue weighted by atomic mass is 9.97. The Labute approximate surface area is 138 Å². The first-order valence-electron chi connectivity index (χ1n) is 7.10. The first-order valence-corrected chi connectivity index (χ1v) is 7.90. The van der Waals surface area contributed by atoms with E-state index in [0.717, 1.165) is 15.6 Å². The van der Waals surface area contributed by atoms with Crippen LogP contribution in [0.3, 0.4) is 0 Å². The fourth-order valence-electron chi connectivity index (χ4n) is 2.25. The van der Waals surface area contributed by atoms with Crippen LogP contribution in [0.5, 0.6) is 0 Å². The summed E-state index contributed by atoms with van der Waals surface area (Å²) in [6.45, 7) is 2.29. The average molecular weight is 363 g/mol. The van der Waals surface area contributed by atoms with E-state index < -0.39 is 0 Å². The molecule has 0 aliphatic carbocycles. The number of nitrogens with two attached hydrogens (primary N) is 1. The van der Waals surface area contributed by atoms with Gasteiger partial charge in [0.1, 0.15) is 0 Å². The van der Waals surface area contributed by atoms with E-state index in [-0.39, 0.29) is 18.6 Å². The maximum atomic E-state index is 11.6. The predicted octanol–water partition coefficient (Wildman–Crippen LogP) is 3.27. The molecular formula is C17H19BrN2O2. The fourth-order valence-corrected chi connectivity index (χ4v) is 2.62. The number of esters is 1. The summed E-state index contributed by atoms with van der Waals surface area (Å²) in [6, 6.07) is 15.4. The molecule has 0 aliphatic rings. The number of carbonyl (C=O) groups is 1. The van der Waals surface area contributed by atoms with Crippen LogP contribution >= 0.6 is 15.9 Å². The highest BCUT2D eigenvalue weighted by atomic mass is 79.9. The van der Waals surface area contributed by atoms with Crippen molar-refractivity contribution in [2.24, 2.45) is 0 Å². The minimum absolute atomic E-state index is 0.124. The molecule has 0 heterocycles. The van der Waals surface area contributed by atoms with Gasteiger partial charge >= 0.3 is 5.97 Å². The number of hydrogen-bond acceptors (Lipinski definition) is 4. The third-order valence-electron chi connectivity index (χ3n) is 3.25. The fraction of sp³-hybridized carbons (Fsp3) is 0.235. The molecule has 116 valence electrons. The summed E-state index contributed by atoms with van der Waals surface area (Å²) in [5.74, 6) is -0.281. The van der Waals surface area contributed by atoms with E-state index in [9.17, 15) is 4.79 Å². The van der Waals surface area contributed by atoms with Gasteiger partial charge in [-0.05, 0) is 36.2 Å². The van der Waals surface area contributed by atoms with Gasteiger partial charge in [-0.25, -0.2) is 0 Å². The van der Waals surface area contributed by atoms with Gasteiger partial charge in [-0.1, -0.05) is 46.3 Å². The Balaban J connectivity index is 2.29. The van der Waals surface area contributed by atoms with Crippen molar-refractivity contribution in [3.8, 4) is 0 Å². The Kier molecular flexibility index (Phi) is 5.98. The van der Waals surface area contributed by atoms with Gasteiger partial charge in [-0.3, -0.25) is 10.1 Å². The van der Waals surface area contributed by atoms with Crippen LogP contribution in [-0.2, 0) is 9.53 Å². The molecule has 0 saturated heterocycles. The van der Waals surface area contributed by atoms with E-state index in [1.807, 2.05) is 48.5 Å². The number of carbonyl (C=O) groups excluding carboxylic acids is 1. The standard InChI is InChI=1S/C17H19BrN2O2/c1-2-22-16(21)11-20-17(12-6-4-3-5-7-12)14-10-13(18)8-9-15(14)19/h3-10,17,20H,2,11,19H2,1H3/t17-/m0/s1. The zero-order valence-corrected chi connectivity index (χ0v) is 14.0. The molecule has 0 radical (unpaired) electrons. The van der Waals surface area contributed by atoms with Crippen LogP contribution in [0.2, 0.25) is 0 Å². The Morgan fingerprint density at radius 1 is 1.27 bits per heavy atom. The summed E-state index contributed by atoms with van der Waals surface area (Å²) in [5, 5.41) is 3.23. The van der Waals surface area contributed by atoms with Gasteiger partial charge in [0.15, 0.2) is 0 Å². The monoisotopic (exact) mass is 362 g/mol. The van der Waals surface area contributed by atoms with Crippen LogP contribution in [0.4, 0.5) is 5.69 Å². The Morgan fingerprint density at radius 2 is 2.00 bits per heavy atom. The average Bonchev–Trinajstić information content (AvgIpc) is 2.52. The molecule has 3 N–H and O–H groups in total. The number of ether oxygens (including phenoxy) is 1. The zero-order chi connectivity index (χ0) is 15.9. The summed E-state index contributed by atoms with van der Waals surface area (Å²) in [6.07, 6.45) is 0. The molecule has 0 unspecified atom stereocenters. The first kappa shape index (κ1) is 16.5. The molecule has 22 heavy (non-hydrogen) atoms. The highest BCUT2D eigenvalue weighted by Crippen LogP contribution is 2.29. The van der Waals surface area contributed by atoms with Crippen molar-refractivity contribution in [1.29, 1.82) is 0 Å². The maximum absolute atomic E-state index is 11.6. The van der Waals surface area contributed by atoms with Crippen molar-refractivity contribution in [3.63, 3.8) is 0 Å². The Hall–Kier alpha value is -1.85. The lowest BCUT2D eigenvalue weighted by Crippen LogP contribution is -2.30. The van der Waals surface area contributed by atoms with E-state index in [1.165, 1.54) is 0 Å². The summed E-state index contributed by atoms with van der Waals surface area (Å²) in [7, 11) is 0. The molecule has 2 rings (SSSR count). The van der Waals surface area contributed by atoms with Crippen LogP contribution in [0.15, 0.2) is 53.0 Å². The maximum Gasteiger partial charge on any atom is 0.319 e. The molecule has 4 nitrogen and oxygen atoms in total. The predicted molar refractivity (Wildman–Crippen MR) is 91.5 cm³/mol. The van der Waals surface area contributed by atoms with E-state index in [2.05, 4.69) is 21.2 Å². The van der Waals surface area contributed by atoms with Crippen molar-refractivity contribution >= 4 is 27.6 Å². The van der Waals surface area contributed by atoms with E-state index in [1.54, 1.807) is 6.92 Å². The minimum atomic E-state index is -0.281. The molecule has 0 aliphatic heterocycles. The second kappa shape index (κ2) is 7.96. The third-order valence-corrected chi connectivity index (χ3v) is 3.74. The van der Waals surface area contributed by atoms with Gasteiger partial charge in [0, 0.05) is 10.2 Å². The number of anilines is 1. The third kappa shape index (κ3) is 4.32. The van der Waals surface area contributed by atoms with Crippen LogP contribution in [0.1, 0.15) is 24.1 Å². The molecule has 0 saturated carbocycles. The molecular weight excluding hydrogens is 344 g/mol. The summed E-state index contributed by atoms with van der Waals surface area (Å²) >= 11 is 3.47. The molecule has 0 aromatic heterocycles. The van der Waals surface area contributed by atoms with Gasteiger partial charge in [0.25, 0.3) is 0 Å². The summed E-state index contributed by atoms with van der Waals surface area (Å²) in [5.41, 5.74) is 8.75. The molecule has 0 amide bonds. The quantitative estimate of drug-likeness (QED) is 0.611. The zero-order valence-electron chi connectivity index (χ0n) is 12.4. The van der Waals surface area contributed by atoms with E-state index in [0.29, 0.717) is 12.3 Å². The number of hydrogen-bond donors (Lipinski definition) is 2. The van der Waals surface area contributed by atoms with Gasteiger partial charge in [0.2, 0.25) is 0 Å². The van der Waals surface area contributed by atoms with Gasteiger partial charge in [-0.2, -0.15) is 0 Å². The van der Waals surface area contributed by atoms with Crippen molar-refractivity contribution in [2.45, 2.75) is 13.0 Å². The van der Waals surface area contributed by atoms with Gasteiger partial charge in [0.05, 0.1) is 19.2 Å². The summed E-state index contributed by atoms with van der Waals surface area (Å²) in [4.78, 5) is 11.6. The first-order chi connectivity index (χ1) is 10.6. The Bertz CT molecular complexity index is 632. The number of halogens is 1. The number of rotatable bonds is 6. The lowest BCUT2D eigenvalue weighted by molar-refractivity contribution is -0.142. The van der Waals surface area contributed by atoms with Gasteiger partial charge in [-0.15, -0.1) is 0 Å². The van der Waals surface area contributed by atoms with Crippen molar-refractivity contribution in [1.82, 2.24) is 5.32 Å².